The zero-order valence-corrected chi connectivity index (χ0v) is 13.2. The van der Waals surface area contributed by atoms with Gasteiger partial charge < -0.3 is 10.4 Å². The smallest absolute Gasteiger partial charge is 0.321 e. The highest BCUT2D eigenvalue weighted by Gasteiger charge is 2.26. The third-order valence-corrected chi connectivity index (χ3v) is 3.80. The summed E-state index contributed by atoms with van der Waals surface area (Å²) >= 11 is 0. The van der Waals surface area contributed by atoms with Crippen LogP contribution in [0.2, 0.25) is 0 Å². The third-order valence-electron chi connectivity index (χ3n) is 3.80. The summed E-state index contributed by atoms with van der Waals surface area (Å²) in [5.41, 5.74) is 0. The van der Waals surface area contributed by atoms with Gasteiger partial charge in [0, 0.05) is 19.2 Å². The normalized spacial score (nSPS) is 19.0. The lowest BCUT2D eigenvalue weighted by Crippen LogP contribution is -2.45. The average molecular weight is 299 g/mol. The second kappa shape index (κ2) is 9.73. The first-order chi connectivity index (χ1) is 10.0. The van der Waals surface area contributed by atoms with Crippen molar-refractivity contribution < 1.29 is 14.7 Å². The molecule has 1 saturated heterocycles. The highest BCUT2D eigenvalue weighted by atomic mass is 16.3. The summed E-state index contributed by atoms with van der Waals surface area (Å²) in [6, 6.07) is -0.0568. The molecule has 1 aliphatic rings. The Bertz CT molecular complexity index is 334. The molecule has 1 rings (SSSR count). The molecule has 6 heteroatoms. The molecule has 3 amide bonds. The van der Waals surface area contributed by atoms with E-state index in [0.717, 1.165) is 38.6 Å². The standard InChI is InChI=1S/C15H29N3O3/c1-12(2)7-8-16-15(21)17-14(20)11-18-9-3-5-13(18)6-4-10-19/h12-13,19H,3-11H2,1-2H3,(H2,16,17,20,21). The van der Waals surface area contributed by atoms with Crippen LogP contribution in [0.1, 0.15) is 46.0 Å². The van der Waals surface area contributed by atoms with Crippen LogP contribution in [0.4, 0.5) is 4.79 Å². The predicted octanol–water partition coefficient (Wildman–Crippen LogP) is 1.10. The number of hydrogen-bond donors (Lipinski definition) is 3. The first kappa shape index (κ1) is 17.9. The van der Waals surface area contributed by atoms with Gasteiger partial charge in [0.15, 0.2) is 0 Å². The van der Waals surface area contributed by atoms with Gasteiger partial charge in [0.25, 0.3) is 0 Å². The fourth-order valence-corrected chi connectivity index (χ4v) is 2.63. The van der Waals surface area contributed by atoms with Crippen LogP contribution in [0.15, 0.2) is 0 Å². The molecule has 1 fully saturated rings. The number of nitrogens with one attached hydrogen (secondary N) is 2. The van der Waals surface area contributed by atoms with E-state index in [0.29, 0.717) is 18.5 Å². The maximum atomic E-state index is 11.9. The van der Waals surface area contributed by atoms with E-state index in [-0.39, 0.29) is 19.1 Å². The molecule has 1 unspecified atom stereocenters. The number of urea groups is 1. The van der Waals surface area contributed by atoms with Gasteiger partial charge in [-0.05, 0) is 44.6 Å². The van der Waals surface area contributed by atoms with Gasteiger partial charge in [-0.25, -0.2) is 4.79 Å². The van der Waals surface area contributed by atoms with Crippen molar-refractivity contribution in [3.8, 4) is 0 Å². The minimum atomic E-state index is -0.410. The Morgan fingerprint density at radius 2 is 2.14 bits per heavy atom. The van der Waals surface area contributed by atoms with Gasteiger partial charge in [-0.3, -0.25) is 15.0 Å². The second-order valence-electron chi connectivity index (χ2n) is 6.12. The molecule has 1 atom stereocenters. The summed E-state index contributed by atoms with van der Waals surface area (Å²) in [7, 11) is 0. The predicted molar refractivity (Wildman–Crippen MR) is 81.9 cm³/mol. The summed E-state index contributed by atoms with van der Waals surface area (Å²) in [5.74, 6) is 0.269. The van der Waals surface area contributed by atoms with E-state index in [1.165, 1.54) is 0 Å². The van der Waals surface area contributed by atoms with Crippen molar-refractivity contribution in [1.29, 1.82) is 0 Å². The Hall–Kier alpha value is -1.14. The van der Waals surface area contributed by atoms with Gasteiger partial charge in [-0.2, -0.15) is 0 Å². The number of likely N-dealkylation sites (tertiary alicyclic amines) is 1. The first-order valence-corrected chi connectivity index (χ1v) is 7.95. The molecular weight excluding hydrogens is 270 g/mol. The zero-order valence-electron chi connectivity index (χ0n) is 13.2. The van der Waals surface area contributed by atoms with Gasteiger partial charge in [0.2, 0.25) is 5.91 Å². The van der Waals surface area contributed by atoms with Crippen molar-refractivity contribution in [1.82, 2.24) is 15.5 Å². The molecule has 6 nitrogen and oxygen atoms in total. The number of imide groups is 1. The Morgan fingerprint density at radius 3 is 2.81 bits per heavy atom. The number of rotatable bonds is 8. The van der Waals surface area contributed by atoms with Gasteiger partial charge in [0.1, 0.15) is 0 Å². The van der Waals surface area contributed by atoms with Crippen molar-refractivity contribution in [2.45, 2.75) is 52.0 Å². The van der Waals surface area contributed by atoms with Crippen LogP contribution in [0.5, 0.6) is 0 Å². The van der Waals surface area contributed by atoms with Crippen LogP contribution in [0.3, 0.4) is 0 Å². The lowest BCUT2D eigenvalue weighted by atomic mass is 10.1. The van der Waals surface area contributed by atoms with Crippen molar-refractivity contribution in [3.05, 3.63) is 0 Å². The van der Waals surface area contributed by atoms with Crippen molar-refractivity contribution >= 4 is 11.9 Å². The highest BCUT2D eigenvalue weighted by molar-refractivity contribution is 5.95. The summed E-state index contributed by atoms with van der Waals surface area (Å²) in [6.45, 7) is 6.09. The first-order valence-electron chi connectivity index (χ1n) is 7.95. The molecule has 21 heavy (non-hydrogen) atoms. The van der Waals surface area contributed by atoms with Gasteiger partial charge in [-0.1, -0.05) is 13.8 Å². The quantitative estimate of drug-likeness (QED) is 0.627. The largest absolute Gasteiger partial charge is 0.396 e. The molecule has 122 valence electrons. The Morgan fingerprint density at radius 1 is 1.38 bits per heavy atom. The van der Waals surface area contributed by atoms with E-state index >= 15 is 0 Å². The number of amides is 3. The van der Waals surface area contributed by atoms with Crippen LogP contribution < -0.4 is 10.6 Å². The van der Waals surface area contributed by atoms with Crippen LogP contribution in [0.25, 0.3) is 0 Å². The molecular formula is C15H29N3O3. The number of carbonyl (C=O) groups is 2. The monoisotopic (exact) mass is 299 g/mol. The van der Waals surface area contributed by atoms with Crippen molar-refractivity contribution in [3.63, 3.8) is 0 Å². The fraction of sp³-hybridized carbons (Fsp3) is 0.867. The molecule has 0 aromatic heterocycles. The minimum absolute atomic E-state index is 0.189. The minimum Gasteiger partial charge on any atom is -0.396 e. The second-order valence-corrected chi connectivity index (χ2v) is 6.12. The molecule has 0 bridgehead atoms. The lowest BCUT2D eigenvalue weighted by molar-refractivity contribution is -0.121. The third kappa shape index (κ3) is 7.43. The Labute approximate surface area is 127 Å². The van der Waals surface area contributed by atoms with Gasteiger partial charge in [0.05, 0.1) is 6.54 Å². The molecule has 0 aliphatic carbocycles. The lowest BCUT2D eigenvalue weighted by Gasteiger charge is -2.23. The Balaban J connectivity index is 2.24. The van der Waals surface area contributed by atoms with E-state index in [9.17, 15) is 9.59 Å². The molecule has 1 aliphatic heterocycles. The number of nitrogens with zero attached hydrogens (tertiary/aromatic N) is 1. The van der Waals surface area contributed by atoms with E-state index in [4.69, 9.17) is 5.11 Å². The Kier molecular flexibility index (Phi) is 8.30. The van der Waals surface area contributed by atoms with Crippen molar-refractivity contribution in [2.24, 2.45) is 5.92 Å². The highest BCUT2D eigenvalue weighted by Crippen LogP contribution is 2.20. The summed E-state index contributed by atoms with van der Waals surface area (Å²) in [6.07, 6.45) is 4.71. The number of hydrogen-bond acceptors (Lipinski definition) is 4. The van der Waals surface area contributed by atoms with Gasteiger partial charge >= 0.3 is 6.03 Å². The summed E-state index contributed by atoms with van der Waals surface area (Å²) in [5, 5.41) is 14.0. The molecule has 1 heterocycles. The van der Waals surface area contributed by atoms with Crippen molar-refractivity contribution in [2.75, 3.05) is 26.2 Å². The molecule has 0 saturated carbocycles. The number of aliphatic hydroxyl groups excluding tert-OH is 1. The molecule has 0 spiro atoms. The van der Waals surface area contributed by atoms with Crippen LogP contribution in [-0.4, -0.2) is 54.2 Å². The van der Waals surface area contributed by atoms with E-state index in [1.807, 2.05) is 0 Å². The maximum Gasteiger partial charge on any atom is 0.321 e. The fourth-order valence-electron chi connectivity index (χ4n) is 2.63. The van der Waals surface area contributed by atoms with Crippen LogP contribution in [-0.2, 0) is 4.79 Å². The summed E-state index contributed by atoms with van der Waals surface area (Å²) in [4.78, 5) is 25.5. The topological polar surface area (TPSA) is 81.7 Å². The molecule has 3 N–H and O–H groups in total. The zero-order chi connectivity index (χ0) is 15.7. The maximum absolute atomic E-state index is 11.9. The van der Waals surface area contributed by atoms with Gasteiger partial charge in [-0.15, -0.1) is 0 Å². The number of carbonyl (C=O) groups excluding carboxylic acids is 2. The average Bonchev–Trinajstić information content (AvgIpc) is 2.82. The SMILES string of the molecule is CC(C)CCNC(=O)NC(=O)CN1CCCC1CCCO. The van der Waals surface area contributed by atoms with E-state index in [2.05, 4.69) is 29.4 Å². The summed E-state index contributed by atoms with van der Waals surface area (Å²) < 4.78 is 0. The number of aliphatic hydroxyl groups is 1. The molecule has 0 aromatic carbocycles. The van der Waals surface area contributed by atoms with E-state index < -0.39 is 6.03 Å². The van der Waals surface area contributed by atoms with Crippen LogP contribution in [0, 0.1) is 5.92 Å². The van der Waals surface area contributed by atoms with E-state index in [1.54, 1.807) is 0 Å². The molecule has 0 radical (unpaired) electrons. The van der Waals surface area contributed by atoms with Crippen LogP contribution >= 0.6 is 0 Å². The molecule has 0 aromatic rings.